The lowest BCUT2D eigenvalue weighted by atomic mass is 10.1. The van der Waals surface area contributed by atoms with Crippen LogP contribution in [0.5, 0.6) is 5.75 Å². The number of rotatable bonds is 4. The Morgan fingerprint density at radius 2 is 2.00 bits per heavy atom. The van der Waals surface area contributed by atoms with E-state index in [0.29, 0.717) is 10.2 Å². The minimum Gasteiger partial charge on any atom is -0.497 e. The quantitative estimate of drug-likeness (QED) is 0.759. The molecular weight excluding hydrogens is 332 g/mol. The van der Waals surface area contributed by atoms with Gasteiger partial charge < -0.3 is 10.1 Å². The molecule has 0 atom stereocenters. The van der Waals surface area contributed by atoms with Crippen molar-refractivity contribution in [1.29, 1.82) is 0 Å². The number of nitrogens with zero attached hydrogens (tertiary/aromatic N) is 1. The van der Waals surface area contributed by atoms with Crippen LogP contribution in [-0.2, 0) is 11.2 Å². The summed E-state index contributed by atoms with van der Waals surface area (Å²) in [5.74, 6) is 0.661. The molecule has 0 aliphatic heterocycles. The van der Waals surface area contributed by atoms with Crippen molar-refractivity contribution < 1.29 is 9.53 Å². The largest absolute Gasteiger partial charge is 0.497 e. The Balaban J connectivity index is 1.74. The highest BCUT2D eigenvalue weighted by Crippen LogP contribution is 2.33. The molecule has 0 aliphatic carbocycles. The minimum atomic E-state index is -0.108. The molecule has 6 heteroatoms. The molecule has 118 valence electrons. The second kappa shape index (κ2) is 6.56. The van der Waals surface area contributed by atoms with Gasteiger partial charge in [-0.1, -0.05) is 41.1 Å². The lowest BCUT2D eigenvalue weighted by Crippen LogP contribution is -2.14. The summed E-state index contributed by atoms with van der Waals surface area (Å²) < 4.78 is 6.00. The molecule has 0 bridgehead atoms. The van der Waals surface area contributed by atoms with E-state index in [1.54, 1.807) is 7.11 Å². The monoisotopic (exact) mass is 346 g/mol. The van der Waals surface area contributed by atoms with Crippen molar-refractivity contribution in [2.24, 2.45) is 0 Å². The first kappa shape index (κ1) is 15.8. The van der Waals surface area contributed by atoms with Gasteiger partial charge in [0.2, 0.25) is 5.91 Å². The second-order valence-electron chi connectivity index (χ2n) is 5.13. The fourth-order valence-electron chi connectivity index (χ4n) is 2.25. The molecule has 2 aromatic carbocycles. The Kier molecular flexibility index (Phi) is 4.50. The molecular formula is C17H15ClN2O2S. The van der Waals surface area contributed by atoms with Gasteiger partial charge >= 0.3 is 0 Å². The van der Waals surface area contributed by atoms with Gasteiger partial charge in [0.15, 0.2) is 5.13 Å². The highest BCUT2D eigenvalue weighted by molar-refractivity contribution is 7.23. The first-order valence-electron chi connectivity index (χ1n) is 7.05. The van der Waals surface area contributed by atoms with Crippen LogP contribution in [0.25, 0.3) is 10.2 Å². The molecule has 1 amide bonds. The number of halogens is 1. The van der Waals surface area contributed by atoms with Crippen LogP contribution in [0.3, 0.4) is 0 Å². The number of aryl methyl sites for hydroxylation is 1. The lowest BCUT2D eigenvalue weighted by molar-refractivity contribution is -0.115. The highest BCUT2D eigenvalue weighted by Gasteiger charge is 2.12. The fourth-order valence-corrected chi connectivity index (χ4v) is 3.48. The topological polar surface area (TPSA) is 51.2 Å². The average Bonchev–Trinajstić information content (AvgIpc) is 2.96. The molecule has 4 nitrogen and oxygen atoms in total. The zero-order valence-electron chi connectivity index (χ0n) is 12.7. The first-order chi connectivity index (χ1) is 11.1. The van der Waals surface area contributed by atoms with Gasteiger partial charge in [0.05, 0.1) is 28.8 Å². The number of hydrogen-bond donors (Lipinski definition) is 1. The summed E-state index contributed by atoms with van der Waals surface area (Å²) in [6.07, 6.45) is 0.284. The molecule has 0 fully saturated rings. The Labute approximate surface area is 143 Å². The third-order valence-corrected chi connectivity index (χ3v) is 4.90. The van der Waals surface area contributed by atoms with Crippen LogP contribution >= 0.6 is 22.9 Å². The number of ether oxygens (including phenoxy) is 1. The van der Waals surface area contributed by atoms with Gasteiger partial charge in [-0.15, -0.1) is 0 Å². The Hall–Kier alpha value is -2.11. The lowest BCUT2D eigenvalue weighted by Gasteiger charge is -2.03. The van der Waals surface area contributed by atoms with Gasteiger partial charge in [-0.3, -0.25) is 4.79 Å². The molecule has 0 unspecified atom stereocenters. The Morgan fingerprint density at radius 3 is 2.65 bits per heavy atom. The van der Waals surface area contributed by atoms with E-state index in [9.17, 15) is 4.79 Å². The van der Waals surface area contributed by atoms with Crippen molar-refractivity contribution in [3.8, 4) is 5.75 Å². The number of benzene rings is 2. The van der Waals surface area contributed by atoms with Crippen molar-refractivity contribution in [3.05, 3.63) is 52.5 Å². The van der Waals surface area contributed by atoms with Crippen LogP contribution in [0.2, 0.25) is 5.02 Å². The molecule has 1 heterocycles. The van der Waals surface area contributed by atoms with Crippen molar-refractivity contribution in [1.82, 2.24) is 4.98 Å². The summed E-state index contributed by atoms with van der Waals surface area (Å²) in [6, 6.07) is 11.2. The second-order valence-corrected chi connectivity index (χ2v) is 6.54. The summed E-state index contributed by atoms with van der Waals surface area (Å²) in [6.45, 7) is 1.97. The van der Waals surface area contributed by atoms with Gasteiger partial charge in [0.1, 0.15) is 5.75 Å². The molecule has 3 rings (SSSR count). The van der Waals surface area contributed by atoms with Crippen molar-refractivity contribution >= 4 is 44.2 Å². The fraction of sp³-hybridized carbons (Fsp3) is 0.176. The number of nitrogens with one attached hydrogen (secondary N) is 1. The van der Waals surface area contributed by atoms with Gasteiger partial charge in [0, 0.05) is 0 Å². The predicted molar refractivity (Wildman–Crippen MR) is 94.7 cm³/mol. The van der Waals surface area contributed by atoms with E-state index >= 15 is 0 Å². The van der Waals surface area contributed by atoms with Crippen LogP contribution in [-0.4, -0.2) is 18.0 Å². The number of carbonyl (C=O) groups excluding carboxylic acids is 1. The van der Waals surface area contributed by atoms with Gasteiger partial charge in [0.25, 0.3) is 0 Å². The first-order valence-corrected chi connectivity index (χ1v) is 8.24. The highest BCUT2D eigenvalue weighted by atomic mass is 35.5. The van der Waals surface area contributed by atoms with Crippen molar-refractivity contribution in [2.45, 2.75) is 13.3 Å². The van der Waals surface area contributed by atoms with E-state index in [0.717, 1.165) is 27.1 Å². The molecule has 23 heavy (non-hydrogen) atoms. The van der Waals surface area contributed by atoms with Crippen LogP contribution < -0.4 is 10.1 Å². The molecule has 0 spiro atoms. The van der Waals surface area contributed by atoms with Gasteiger partial charge in [-0.2, -0.15) is 0 Å². The maximum absolute atomic E-state index is 12.2. The summed E-state index contributed by atoms with van der Waals surface area (Å²) in [5.41, 5.74) is 2.79. The van der Waals surface area contributed by atoms with Crippen molar-refractivity contribution in [2.75, 3.05) is 12.4 Å². The SMILES string of the molecule is COc1ccc(CC(=O)Nc2nc3c(C)ccc(Cl)c3s2)cc1. The number of fused-ring (bicyclic) bond motifs is 1. The number of anilines is 1. The van der Waals surface area contributed by atoms with Crippen LogP contribution in [0.15, 0.2) is 36.4 Å². The van der Waals surface area contributed by atoms with Crippen LogP contribution in [0.4, 0.5) is 5.13 Å². The molecule has 3 aromatic rings. The Bertz CT molecular complexity index is 820. The van der Waals surface area contributed by atoms with E-state index in [-0.39, 0.29) is 12.3 Å². The number of methoxy groups -OCH3 is 1. The third kappa shape index (κ3) is 3.46. The molecule has 1 N–H and O–H groups in total. The average molecular weight is 347 g/mol. The number of carbonyl (C=O) groups is 1. The van der Waals surface area contributed by atoms with E-state index in [2.05, 4.69) is 10.3 Å². The maximum Gasteiger partial charge on any atom is 0.230 e. The maximum atomic E-state index is 12.2. The van der Waals surface area contributed by atoms with Crippen molar-refractivity contribution in [3.63, 3.8) is 0 Å². The van der Waals surface area contributed by atoms with Crippen LogP contribution in [0.1, 0.15) is 11.1 Å². The minimum absolute atomic E-state index is 0.108. The summed E-state index contributed by atoms with van der Waals surface area (Å²) in [5, 5.41) is 4.06. The smallest absolute Gasteiger partial charge is 0.230 e. The predicted octanol–water partition coefficient (Wildman–Crippen LogP) is 4.45. The van der Waals surface area contributed by atoms with E-state index in [1.165, 1.54) is 11.3 Å². The summed E-state index contributed by atoms with van der Waals surface area (Å²) in [4.78, 5) is 16.6. The summed E-state index contributed by atoms with van der Waals surface area (Å²) >= 11 is 7.57. The number of thiazole rings is 1. The zero-order valence-corrected chi connectivity index (χ0v) is 14.3. The number of amides is 1. The zero-order chi connectivity index (χ0) is 16.4. The molecule has 1 aromatic heterocycles. The number of aromatic nitrogens is 1. The van der Waals surface area contributed by atoms with E-state index in [1.807, 2.05) is 43.3 Å². The molecule has 0 radical (unpaired) electrons. The summed E-state index contributed by atoms with van der Waals surface area (Å²) in [7, 11) is 1.61. The molecule has 0 saturated carbocycles. The third-order valence-electron chi connectivity index (χ3n) is 3.47. The normalized spacial score (nSPS) is 10.7. The van der Waals surface area contributed by atoms with Gasteiger partial charge in [-0.05, 0) is 36.2 Å². The molecule has 0 saturated heterocycles. The number of hydrogen-bond acceptors (Lipinski definition) is 4. The van der Waals surface area contributed by atoms with E-state index in [4.69, 9.17) is 16.3 Å². The van der Waals surface area contributed by atoms with Gasteiger partial charge in [-0.25, -0.2) is 4.98 Å². The Morgan fingerprint density at radius 1 is 1.26 bits per heavy atom. The molecule has 0 aliphatic rings. The van der Waals surface area contributed by atoms with Crippen LogP contribution in [0, 0.1) is 6.92 Å². The van der Waals surface area contributed by atoms with E-state index < -0.39 is 0 Å². The standard InChI is InChI=1S/C17H15ClN2O2S/c1-10-3-8-13(18)16-15(10)20-17(23-16)19-14(21)9-11-4-6-12(22-2)7-5-11/h3-8H,9H2,1-2H3,(H,19,20,21).